The molecule has 1 aliphatic heterocycles. The van der Waals surface area contributed by atoms with E-state index >= 15 is 0 Å². The second-order valence-electron chi connectivity index (χ2n) is 5.15. The molecule has 0 aromatic heterocycles. The zero-order chi connectivity index (χ0) is 14.9. The number of rotatable bonds is 2. The van der Waals surface area contributed by atoms with E-state index < -0.39 is 5.85 Å². The molecule has 3 nitrogen and oxygen atoms in total. The summed E-state index contributed by atoms with van der Waals surface area (Å²) in [4.78, 5) is 4.47. The summed E-state index contributed by atoms with van der Waals surface area (Å²) >= 11 is 0. The van der Waals surface area contributed by atoms with Gasteiger partial charge in [0.2, 0.25) is 5.90 Å². The molecular weight excluding hydrogens is 269 g/mol. The predicted molar refractivity (Wildman–Crippen MR) is 79.9 cm³/mol. The summed E-state index contributed by atoms with van der Waals surface area (Å²) in [5.41, 5.74) is 2.30. The van der Waals surface area contributed by atoms with E-state index in [0.717, 1.165) is 22.6 Å². The quantitative estimate of drug-likeness (QED) is 0.834. The molecule has 1 aliphatic rings. The maximum absolute atomic E-state index is 14.6. The standard InChI is InChI=1S/C17H16FNO2/c1-17(18)11-13-5-3-4-6-15(13)19-16(21-17)12-7-9-14(20-2)10-8-12/h3-10H,11H2,1-2H3/t17-/m1/s1. The Morgan fingerprint density at radius 2 is 1.86 bits per heavy atom. The Kier molecular flexibility index (Phi) is 3.37. The van der Waals surface area contributed by atoms with E-state index in [1.54, 1.807) is 19.2 Å². The second kappa shape index (κ2) is 5.20. The van der Waals surface area contributed by atoms with Crippen molar-refractivity contribution in [3.05, 3.63) is 59.7 Å². The number of nitrogens with zero attached hydrogens (tertiary/aromatic N) is 1. The number of hydrogen-bond donors (Lipinski definition) is 0. The summed E-state index contributed by atoms with van der Waals surface area (Å²) in [7, 11) is 1.60. The number of ether oxygens (including phenoxy) is 2. The van der Waals surface area contributed by atoms with Crippen LogP contribution in [0.25, 0.3) is 0 Å². The van der Waals surface area contributed by atoms with Gasteiger partial charge in [0.05, 0.1) is 12.8 Å². The van der Waals surface area contributed by atoms with Crippen molar-refractivity contribution in [2.24, 2.45) is 4.99 Å². The van der Waals surface area contributed by atoms with Crippen molar-refractivity contribution >= 4 is 11.6 Å². The monoisotopic (exact) mass is 285 g/mol. The van der Waals surface area contributed by atoms with Crippen molar-refractivity contribution in [2.45, 2.75) is 19.2 Å². The summed E-state index contributed by atoms with van der Waals surface area (Å²) in [5.74, 6) is -0.769. The van der Waals surface area contributed by atoms with Gasteiger partial charge in [-0.25, -0.2) is 4.99 Å². The van der Waals surface area contributed by atoms with E-state index in [1.807, 2.05) is 36.4 Å². The number of aliphatic imine (C=N–C) groups is 1. The van der Waals surface area contributed by atoms with Crippen molar-refractivity contribution < 1.29 is 13.9 Å². The third-order valence-corrected chi connectivity index (χ3v) is 3.37. The summed E-state index contributed by atoms with van der Waals surface area (Å²) in [6.07, 6.45) is 0.173. The van der Waals surface area contributed by atoms with Crippen LogP contribution in [0.1, 0.15) is 18.1 Å². The number of hydrogen-bond acceptors (Lipinski definition) is 3. The molecular formula is C17H16FNO2. The summed E-state index contributed by atoms with van der Waals surface area (Å²) in [5, 5.41) is 0. The van der Waals surface area contributed by atoms with Crippen LogP contribution in [0.3, 0.4) is 0 Å². The SMILES string of the molecule is COc1ccc(C2=Nc3ccccc3C[C@](C)(F)O2)cc1. The highest BCUT2D eigenvalue weighted by atomic mass is 19.2. The minimum absolute atomic E-state index is 0.173. The fourth-order valence-corrected chi connectivity index (χ4v) is 2.34. The topological polar surface area (TPSA) is 30.8 Å². The molecule has 0 saturated heterocycles. The lowest BCUT2D eigenvalue weighted by atomic mass is 10.1. The fourth-order valence-electron chi connectivity index (χ4n) is 2.34. The number of alkyl halides is 1. The van der Waals surface area contributed by atoms with Crippen molar-refractivity contribution in [2.75, 3.05) is 7.11 Å². The average Bonchev–Trinajstić information content (AvgIpc) is 2.61. The lowest BCUT2D eigenvalue weighted by molar-refractivity contribution is -0.0528. The van der Waals surface area contributed by atoms with Gasteiger partial charge in [0.1, 0.15) is 5.75 Å². The molecule has 0 unspecified atom stereocenters. The lowest BCUT2D eigenvalue weighted by Gasteiger charge is -2.20. The molecule has 0 N–H and O–H groups in total. The molecule has 0 spiro atoms. The molecule has 108 valence electrons. The van der Waals surface area contributed by atoms with Crippen molar-refractivity contribution in [3.63, 3.8) is 0 Å². The van der Waals surface area contributed by atoms with Crippen molar-refractivity contribution in [1.82, 2.24) is 0 Å². The van der Waals surface area contributed by atoms with Gasteiger partial charge < -0.3 is 9.47 Å². The highest BCUT2D eigenvalue weighted by molar-refractivity contribution is 5.96. The van der Waals surface area contributed by atoms with E-state index in [9.17, 15) is 4.39 Å². The van der Waals surface area contributed by atoms with E-state index in [-0.39, 0.29) is 12.3 Å². The van der Waals surface area contributed by atoms with Gasteiger partial charge in [0.15, 0.2) is 0 Å². The summed E-state index contributed by atoms with van der Waals surface area (Å²) in [6.45, 7) is 1.42. The van der Waals surface area contributed by atoms with Gasteiger partial charge in [0, 0.05) is 18.9 Å². The molecule has 21 heavy (non-hydrogen) atoms. The molecule has 0 radical (unpaired) electrons. The third-order valence-electron chi connectivity index (χ3n) is 3.37. The maximum Gasteiger partial charge on any atom is 0.251 e. The Morgan fingerprint density at radius 1 is 1.14 bits per heavy atom. The van der Waals surface area contributed by atoms with Gasteiger partial charge in [-0.3, -0.25) is 0 Å². The van der Waals surface area contributed by atoms with Crippen LogP contribution in [0.2, 0.25) is 0 Å². The van der Waals surface area contributed by atoms with Crippen LogP contribution in [0.15, 0.2) is 53.5 Å². The van der Waals surface area contributed by atoms with Crippen LogP contribution < -0.4 is 4.74 Å². The Bertz CT molecular complexity index is 677. The Morgan fingerprint density at radius 3 is 2.57 bits per heavy atom. The van der Waals surface area contributed by atoms with Gasteiger partial charge in [-0.1, -0.05) is 18.2 Å². The maximum atomic E-state index is 14.6. The van der Waals surface area contributed by atoms with Crippen LogP contribution in [0.5, 0.6) is 5.75 Å². The van der Waals surface area contributed by atoms with Gasteiger partial charge in [-0.05, 0) is 35.9 Å². The third kappa shape index (κ3) is 2.89. The minimum atomic E-state index is -1.79. The van der Waals surface area contributed by atoms with Crippen LogP contribution in [0, 0.1) is 0 Å². The number of para-hydroxylation sites is 1. The second-order valence-corrected chi connectivity index (χ2v) is 5.15. The zero-order valence-corrected chi connectivity index (χ0v) is 12.0. The molecule has 4 heteroatoms. The van der Waals surface area contributed by atoms with Gasteiger partial charge >= 0.3 is 0 Å². The highest BCUT2D eigenvalue weighted by Crippen LogP contribution is 2.32. The number of methoxy groups -OCH3 is 1. The molecule has 2 aromatic rings. The van der Waals surface area contributed by atoms with Gasteiger partial charge in [0.25, 0.3) is 5.85 Å². The largest absolute Gasteiger partial charge is 0.497 e. The molecule has 0 bridgehead atoms. The molecule has 0 amide bonds. The molecule has 0 aliphatic carbocycles. The van der Waals surface area contributed by atoms with Crippen LogP contribution in [-0.4, -0.2) is 18.9 Å². The molecule has 0 saturated carbocycles. The zero-order valence-electron chi connectivity index (χ0n) is 12.0. The van der Waals surface area contributed by atoms with Crippen LogP contribution >= 0.6 is 0 Å². The molecule has 3 rings (SSSR count). The minimum Gasteiger partial charge on any atom is -0.497 e. The van der Waals surface area contributed by atoms with Gasteiger partial charge in [-0.2, -0.15) is 4.39 Å². The highest BCUT2D eigenvalue weighted by Gasteiger charge is 2.31. The molecule has 0 fully saturated rings. The van der Waals surface area contributed by atoms with Crippen LogP contribution in [-0.2, 0) is 11.2 Å². The van der Waals surface area contributed by atoms with E-state index in [1.165, 1.54) is 6.92 Å². The number of halogens is 1. The van der Waals surface area contributed by atoms with Crippen molar-refractivity contribution in [3.8, 4) is 5.75 Å². The molecule has 1 atom stereocenters. The average molecular weight is 285 g/mol. The number of benzene rings is 2. The molecule has 2 aromatic carbocycles. The normalized spacial score (nSPS) is 20.8. The summed E-state index contributed by atoms with van der Waals surface area (Å²) < 4.78 is 25.2. The first-order valence-electron chi connectivity index (χ1n) is 6.76. The first-order valence-corrected chi connectivity index (χ1v) is 6.76. The Balaban J connectivity index is 2.05. The van der Waals surface area contributed by atoms with Crippen LogP contribution in [0.4, 0.5) is 10.1 Å². The van der Waals surface area contributed by atoms with E-state index in [0.29, 0.717) is 0 Å². The Hall–Kier alpha value is -2.36. The fraction of sp³-hybridized carbons (Fsp3) is 0.235. The smallest absolute Gasteiger partial charge is 0.251 e. The van der Waals surface area contributed by atoms with E-state index in [4.69, 9.17) is 9.47 Å². The predicted octanol–water partition coefficient (Wildman–Crippen LogP) is 4.03. The molecule has 1 heterocycles. The number of fused-ring (bicyclic) bond motifs is 1. The van der Waals surface area contributed by atoms with Crippen molar-refractivity contribution in [1.29, 1.82) is 0 Å². The lowest BCUT2D eigenvalue weighted by Crippen LogP contribution is -2.28. The first-order chi connectivity index (χ1) is 10.1. The Labute approximate surface area is 123 Å². The van der Waals surface area contributed by atoms with Gasteiger partial charge in [-0.15, -0.1) is 0 Å². The van der Waals surface area contributed by atoms with E-state index in [2.05, 4.69) is 4.99 Å². The first kappa shape index (κ1) is 13.6. The summed E-state index contributed by atoms with van der Waals surface area (Å²) in [6, 6.07) is 14.7.